The van der Waals surface area contributed by atoms with E-state index in [2.05, 4.69) is 4.72 Å². The van der Waals surface area contributed by atoms with Crippen LogP contribution in [0.2, 0.25) is 0 Å². The van der Waals surface area contributed by atoms with Crippen molar-refractivity contribution < 1.29 is 8.42 Å². The summed E-state index contributed by atoms with van der Waals surface area (Å²) in [5.41, 5.74) is 5.48. The first-order chi connectivity index (χ1) is 7.92. The molecule has 100 valence electrons. The van der Waals surface area contributed by atoms with Crippen LogP contribution in [0, 0.1) is 0 Å². The summed E-state index contributed by atoms with van der Waals surface area (Å²) in [6.07, 6.45) is 5.47. The Morgan fingerprint density at radius 2 is 2.24 bits per heavy atom. The first-order valence-electron chi connectivity index (χ1n) is 5.75. The second-order valence-corrected chi connectivity index (χ2v) is 7.72. The molecule has 0 bridgehead atoms. The lowest BCUT2D eigenvalue weighted by Gasteiger charge is -2.22. The van der Waals surface area contributed by atoms with Crippen LogP contribution in [0.4, 0.5) is 0 Å². The third kappa shape index (κ3) is 3.81. The van der Waals surface area contributed by atoms with E-state index < -0.39 is 15.3 Å². The SMILES string of the molecule is CCC(C(N)=S)S(=O)(=O)NC1CCCC1SC. The van der Waals surface area contributed by atoms with Crippen LogP contribution in [0.5, 0.6) is 0 Å². The molecule has 0 radical (unpaired) electrons. The second kappa shape index (κ2) is 6.36. The molecule has 1 aliphatic rings. The van der Waals surface area contributed by atoms with Gasteiger partial charge in [-0.15, -0.1) is 0 Å². The largest absolute Gasteiger partial charge is 0.392 e. The highest BCUT2D eigenvalue weighted by Crippen LogP contribution is 2.29. The van der Waals surface area contributed by atoms with Gasteiger partial charge in [0.25, 0.3) is 0 Å². The minimum atomic E-state index is -3.43. The van der Waals surface area contributed by atoms with Crippen molar-refractivity contribution in [1.82, 2.24) is 4.72 Å². The van der Waals surface area contributed by atoms with Crippen LogP contribution in [0.1, 0.15) is 32.6 Å². The molecule has 0 aliphatic heterocycles. The van der Waals surface area contributed by atoms with Crippen molar-refractivity contribution in [3.63, 3.8) is 0 Å². The molecule has 3 atom stereocenters. The number of hydrogen-bond acceptors (Lipinski definition) is 4. The fraction of sp³-hybridized carbons (Fsp3) is 0.900. The predicted octanol–water partition coefficient (Wildman–Crippen LogP) is 1.25. The van der Waals surface area contributed by atoms with Crippen LogP contribution < -0.4 is 10.5 Å². The van der Waals surface area contributed by atoms with E-state index in [0.717, 1.165) is 19.3 Å². The molecule has 3 unspecified atom stereocenters. The van der Waals surface area contributed by atoms with Gasteiger partial charge in [0.1, 0.15) is 5.25 Å². The third-order valence-corrected chi connectivity index (χ3v) is 6.70. The second-order valence-electron chi connectivity index (χ2n) is 4.27. The van der Waals surface area contributed by atoms with E-state index >= 15 is 0 Å². The van der Waals surface area contributed by atoms with Crippen molar-refractivity contribution >= 4 is 39.0 Å². The summed E-state index contributed by atoms with van der Waals surface area (Å²) in [6.45, 7) is 1.78. The average Bonchev–Trinajstić information content (AvgIpc) is 2.63. The Morgan fingerprint density at radius 3 is 2.71 bits per heavy atom. The minimum Gasteiger partial charge on any atom is -0.392 e. The maximum atomic E-state index is 12.1. The molecule has 4 nitrogen and oxygen atoms in total. The topological polar surface area (TPSA) is 72.2 Å². The van der Waals surface area contributed by atoms with E-state index in [9.17, 15) is 8.42 Å². The number of rotatable bonds is 6. The van der Waals surface area contributed by atoms with Gasteiger partial charge >= 0.3 is 0 Å². The molecule has 0 aromatic heterocycles. The summed E-state index contributed by atoms with van der Waals surface area (Å²) in [6, 6.07) is 0.0263. The van der Waals surface area contributed by atoms with Gasteiger partial charge in [0.05, 0.1) is 4.99 Å². The van der Waals surface area contributed by atoms with Gasteiger partial charge in [-0.2, -0.15) is 11.8 Å². The van der Waals surface area contributed by atoms with E-state index in [4.69, 9.17) is 18.0 Å². The van der Waals surface area contributed by atoms with Gasteiger partial charge < -0.3 is 5.73 Å². The Kier molecular flexibility index (Phi) is 5.69. The number of thioether (sulfide) groups is 1. The smallest absolute Gasteiger partial charge is 0.221 e. The molecule has 3 N–H and O–H groups in total. The summed E-state index contributed by atoms with van der Waals surface area (Å²) in [5.74, 6) is 0. The quantitative estimate of drug-likeness (QED) is 0.722. The van der Waals surface area contributed by atoms with Gasteiger partial charge in [0.2, 0.25) is 10.0 Å². The molecule has 0 amide bonds. The minimum absolute atomic E-state index is 0.0263. The summed E-state index contributed by atoms with van der Waals surface area (Å²) < 4.78 is 27.0. The summed E-state index contributed by atoms with van der Waals surface area (Å²) >= 11 is 6.53. The van der Waals surface area contributed by atoms with Crippen LogP contribution in [0.15, 0.2) is 0 Å². The van der Waals surface area contributed by atoms with E-state index in [0.29, 0.717) is 11.7 Å². The Labute approximate surface area is 113 Å². The van der Waals surface area contributed by atoms with Gasteiger partial charge in [-0.3, -0.25) is 0 Å². The highest BCUT2D eigenvalue weighted by Gasteiger charge is 2.34. The van der Waals surface area contributed by atoms with Crippen LogP contribution in [0.25, 0.3) is 0 Å². The molecular formula is C10H20N2O2S3. The predicted molar refractivity (Wildman–Crippen MR) is 77.9 cm³/mol. The number of sulfonamides is 1. The van der Waals surface area contributed by atoms with E-state index in [1.807, 2.05) is 6.26 Å². The maximum Gasteiger partial charge on any atom is 0.221 e. The Morgan fingerprint density at radius 1 is 1.59 bits per heavy atom. The lowest BCUT2D eigenvalue weighted by atomic mass is 10.3. The number of thiocarbonyl (C=S) groups is 1. The molecule has 0 aromatic carbocycles. The molecular weight excluding hydrogens is 276 g/mol. The van der Waals surface area contributed by atoms with Crippen LogP contribution in [0.3, 0.4) is 0 Å². The molecule has 0 spiro atoms. The van der Waals surface area contributed by atoms with Crippen molar-refractivity contribution in [3.8, 4) is 0 Å². The van der Waals surface area contributed by atoms with Gasteiger partial charge in [0.15, 0.2) is 0 Å². The molecule has 7 heteroatoms. The van der Waals surface area contributed by atoms with Crippen molar-refractivity contribution in [2.24, 2.45) is 5.73 Å². The van der Waals surface area contributed by atoms with Gasteiger partial charge in [-0.1, -0.05) is 25.6 Å². The molecule has 0 saturated heterocycles. The number of nitrogens with two attached hydrogens (primary N) is 1. The molecule has 1 saturated carbocycles. The zero-order valence-electron chi connectivity index (χ0n) is 10.2. The molecule has 0 aromatic rings. The highest BCUT2D eigenvalue weighted by molar-refractivity contribution is 7.99. The average molecular weight is 296 g/mol. The summed E-state index contributed by atoms with van der Waals surface area (Å²) in [4.78, 5) is 0.0544. The van der Waals surface area contributed by atoms with E-state index in [-0.39, 0.29) is 11.0 Å². The Balaban J connectivity index is 2.75. The van der Waals surface area contributed by atoms with Gasteiger partial charge in [-0.25, -0.2) is 13.1 Å². The molecule has 1 fully saturated rings. The van der Waals surface area contributed by atoms with Crippen LogP contribution in [-0.4, -0.2) is 36.2 Å². The fourth-order valence-electron chi connectivity index (χ4n) is 2.21. The highest BCUT2D eigenvalue weighted by atomic mass is 32.2. The number of hydrogen-bond donors (Lipinski definition) is 2. The fourth-order valence-corrected chi connectivity index (χ4v) is 5.39. The zero-order valence-corrected chi connectivity index (χ0v) is 12.6. The Hall–Kier alpha value is 0.150. The van der Waals surface area contributed by atoms with E-state index in [1.165, 1.54) is 0 Å². The van der Waals surface area contributed by atoms with Crippen LogP contribution in [-0.2, 0) is 10.0 Å². The molecule has 1 aliphatic carbocycles. The first-order valence-corrected chi connectivity index (χ1v) is 8.99. The number of nitrogens with one attached hydrogen (secondary N) is 1. The zero-order chi connectivity index (χ0) is 13.1. The van der Waals surface area contributed by atoms with Crippen molar-refractivity contribution in [1.29, 1.82) is 0 Å². The third-order valence-electron chi connectivity index (χ3n) is 3.13. The normalized spacial score (nSPS) is 26.9. The molecule has 1 rings (SSSR count). The van der Waals surface area contributed by atoms with Crippen molar-refractivity contribution in [2.75, 3.05) is 6.26 Å². The van der Waals surface area contributed by atoms with Gasteiger partial charge in [-0.05, 0) is 25.5 Å². The van der Waals surface area contributed by atoms with Crippen molar-refractivity contribution in [2.45, 2.75) is 49.1 Å². The summed E-state index contributed by atoms with van der Waals surface area (Å²) in [5, 5.41) is -0.380. The van der Waals surface area contributed by atoms with Crippen molar-refractivity contribution in [3.05, 3.63) is 0 Å². The van der Waals surface area contributed by atoms with Gasteiger partial charge in [0, 0.05) is 11.3 Å². The Bertz CT molecular complexity index is 370. The van der Waals surface area contributed by atoms with Crippen LogP contribution >= 0.6 is 24.0 Å². The first kappa shape index (κ1) is 15.2. The maximum absolute atomic E-state index is 12.1. The van der Waals surface area contributed by atoms with E-state index in [1.54, 1.807) is 18.7 Å². The lowest BCUT2D eigenvalue weighted by molar-refractivity contribution is 0.549. The molecule has 17 heavy (non-hydrogen) atoms. The summed E-state index contributed by atoms with van der Waals surface area (Å²) in [7, 11) is -3.43. The monoisotopic (exact) mass is 296 g/mol. The lowest BCUT2D eigenvalue weighted by Crippen LogP contribution is -2.47. The standard InChI is InChI=1S/C10H20N2O2S3/c1-3-9(10(11)15)17(13,14)12-7-5-4-6-8(7)16-2/h7-9,12H,3-6H2,1-2H3,(H2,11,15). The molecule has 0 heterocycles.